The summed E-state index contributed by atoms with van der Waals surface area (Å²) in [6, 6.07) is -2.35. The Morgan fingerprint density at radius 2 is 0.897 bits per heavy atom. The molecule has 19 N–H and O–H groups in total. The molecule has 0 spiro atoms. The molecular weight excluding hydrogens is 1130 g/mol. The van der Waals surface area contributed by atoms with Gasteiger partial charge < -0.3 is 139 Å². The third-order valence-corrected chi connectivity index (χ3v) is 13.7. The van der Waals surface area contributed by atoms with Crippen LogP contribution in [0.3, 0.4) is 0 Å². The quantitative estimate of drug-likeness (QED) is 0.0503. The molecule has 1 unspecified atom stereocenters. The van der Waals surface area contributed by atoms with Crippen LogP contribution in [-0.4, -0.2) is 330 Å². The number of carbonyl (C=O) groups excluding carboxylic acids is 1. The molecule has 452 valence electrons. The van der Waals surface area contributed by atoms with E-state index in [1.54, 1.807) is 0 Å². The summed E-state index contributed by atoms with van der Waals surface area (Å²) in [5.74, 6) is -5.35. The number of nitrogens with one attached hydrogen (secondary N) is 1. The molecule has 41 heteroatoms. The lowest BCUT2D eigenvalue weighted by molar-refractivity contribution is -0.389. The fourth-order valence-electron chi connectivity index (χ4n) is 9.01. The lowest BCUT2D eigenvalue weighted by Crippen LogP contribution is -2.70. The molecule has 1 amide bonds. The monoisotopic (exact) mass is 1190 g/mol. The molecule has 29 atom stereocenters. The van der Waals surface area contributed by atoms with Crippen LogP contribution >= 0.6 is 0 Å². The maximum absolute atomic E-state index is 12.8. The molecule has 0 bridgehead atoms. The molecule has 0 aromatic heterocycles. The predicted molar refractivity (Wildman–Crippen MR) is 227 cm³/mol. The van der Waals surface area contributed by atoms with Crippen LogP contribution in [-0.2, 0) is 95.7 Å². The largest absolute Gasteiger partial charge is 0.479 e. The van der Waals surface area contributed by atoms with Gasteiger partial charge in [-0.25, -0.2) is 18.0 Å². The first-order valence-corrected chi connectivity index (χ1v) is 25.6. The molecule has 6 rings (SSSR count). The van der Waals surface area contributed by atoms with Gasteiger partial charge in [0.2, 0.25) is 5.91 Å². The fraction of sp³-hybridized carbons (Fsp3) is 0.919. The molecule has 6 aliphatic rings. The number of aliphatic hydroxyl groups is 14. The molecule has 0 radical (unpaired) electrons. The lowest BCUT2D eigenvalue weighted by atomic mass is 9.94. The first-order chi connectivity index (χ1) is 36.3. The van der Waals surface area contributed by atoms with Crippen LogP contribution in [0.2, 0.25) is 0 Å². The summed E-state index contributed by atoms with van der Waals surface area (Å²) in [7, 11) is -11.5. The third-order valence-electron chi connectivity index (χ3n) is 12.8. The van der Waals surface area contributed by atoms with E-state index in [1.165, 1.54) is 0 Å². The molecule has 0 aliphatic carbocycles. The molecule has 6 heterocycles. The van der Waals surface area contributed by atoms with Gasteiger partial charge in [-0.2, -0.15) is 16.8 Å². The van der Waals surface area contributed by atoms with Crippen LogP contribution < -0.4 is 5.32 Å². The number of aliphatic carboxylic acids is 2. The van der Waals surface area contributed by atoms with E-state index in [0.717, 1.165) is 6.92 Å². The van der Waals surface area contributed by atoms with Crippen molar-refractivity contribution in [3.63, 3.8) is 0 Å². The Morgan fingerprint density at radius 3 is 1.38 bits per heavy atom. The highest BCUT2D eigenvalue weighted by atomic mass is 32.3. The smallest absolute Gasteiger partial charge is 0.397 e. The minimum Gasteiger partial charge on any atom is -0.479 e. The first-order valence-electron chi connectivity index (χ1n) is 22.8. The van der Waals surface area contributed by atoms with Crippen molar-refractivity contribution in [1.82, 2.24) is 5.32 Å². The van der Waals surface area contributed by atoms with Gasteiger partial charge in [0.1, 0.15) is 122 Å². The molecule has 39 nitrogen and oxygen atoms in total. The summed E-state index contributed by atoms with van der Waals surface area (Å²) in [6.07, 6.45) is -63.8. The van der Waals surface area contributed by atoms with Crippen molar-refractivity contribution in [3.05, 3.63) is 0 Å². The summed E-state index contributed by atoms with van der Waals surface area (Å²) >= 11 is 0. The van der Waals surface area contributed by atoms with Crippen LogP contribution in [0.25, 0.3) is 0 Å². The second kappa shape index (κ2) is 26.2. The summed E-state index contributed by atoms with van der Waals surface area (Å²) in [5.41, 5.74) is 0. The number of carboxylic acids is 2. The Labute approximate surface area is 437 Å². The number of carbonyl (C=O) groups is 3. The Balaban J connectivity index is 1.24. The highest BCUT2D eigenvalue weighted by Gasteiger charge is 2.60. The number of hydrogen-bond donors (Lipinski definition) is 19. The lowest BCUT2D eigenvalue weighted by Gasteiger charge is -2.50. The van der Waals surface area contributed by atoms with E-state index >= 15 is 0 Å². The Bertz CT molecular complexity index is 2250. The van der Waals surface area contributed by atoms with Gasteiger partial charge in [0.05, 0.1) is 26.4 Å². The minimum absolute atomic E-state index is 0.597. The molecule has 0 saturated carbocycles. The SMILES string of the molecule is CC(=O)N[C@H]1[C@@H](O[C@H]2[C@H](O)[C@@H](O)[C@H](O[C@H]3[C@@H](O)[C@@H](CO)O[C@@H](O[C@H]4[C@@H](O)[C@@H](CO)O[C@@H](O[C@@H]5COC(O)[C@H](O)[C@H]5O)[C@@H]4O)[C@@H]3O)O[C@@H]2C(=O)O)O[C@H](CO)[C@@H](O[C@H]2O[C@@H](C(=O)O)[C@@H](O)[C@H](O)[C@H]2OS(=O)(=O)O)[C@@H]1OS(=O)(=O)O. The normalized spacial score (nSPS) is 46.8. The molecule has 78 heavy (non-hydrogen) atoms. The Hall–Kier alpha value is -2.85. The van der Waals surface area contributed by atoms with Crippen molar-refractivity contribution in [2.24, 2.45) is 0 Å². The molecule has 0 aromatic carbocycles. The van der Waals surface area contributed by atoms with Crippen LogP contribution in [0.4, 0.5) is 0 Å². The van der Waals surface area contributed by atoms with E-state index in [0.29, 0.717) is 0 Å². The summed E-state index contributed by atoms with van der Waals surface area (Å²) in [4.78, 5) is 37.4. The van der Waals surface area contributed by atoms with E-state index < -0.39 is 243 Å². The highest BCUT2D eigenvalue weighted by Crippen LogP contribution is 2.38. The second-order valence-corrected chi connectivity index (χ2v) is 20.2. The van der Waals surface area contributed by atoms with Crippen molar-refractivity contribution in [1.29, 1.82) is 0 Å². The van der Waals surface area contributed by atoms with Gasteiger partial charge in [0.15, 0.2) is 56.1 Å². The molecule has 6 saturated heterocycles. The Kier molecular flexibility index (Phi) is 21.6. The topological polar surface area (TPSA) is 616 Å². The number of rotatable bonds is 20. The van der Waals surface area contributed by atoms with Crippen LogP contribution in [0, 0.1) is 0 Å². The van der Waals surface area contributed by atoms with Crippen LogP contribution in [0.1, 0.15) is 6.92 Å². The van der Waals surface area contributed by atoms with Gasteiger partial charge in [-0.15, -0.1) is 0 Å². The maximum Gasteiger partial charge on any atom is 0.397 e. The fourth-order valence-corrected chi connectivity index (χ4v) is 10.0. The summed E-state index contributed by atoms with van der Waals surface area (Å²) < 4.78 is 136. The first kappa shape index (κ1) is 64.3. The van der Waals surface area contributed by atoms with Gasteiger partial charge in [0.25, 0.3) is 0 Å². The van der Waals surface area contributed by atoms with Crippen molar-refractivity contribution >= 4 is 38.6 Å². The highest BCUT2D eigenvalue weighted by molar-refractivity contribution is 7.81. The van der Waals surface area contributed by atoms with Gasteiger partial charge >= 0.3 is 32.7 Å². The summed E-state index contributed by atoms with van der Waals surface area (Å²) in [5, 5.41) is 171. The summed E-state index contributed by atoms with van der Waals surface area (Å²) in [6.45, 7) is -3.44. The van der Waals surface area contributed by atoms with E-state index in [-0.39, 0.29) is 0 Å². The van der Waals surface area contributed by atoms with Crippen molar-refractivity contribution in [2.45, 2.75) is 185 Å². The maximum atomic E-state index is 12.8. The standard InChI is InChI=1S/C37H59NO38S2/c1-6(42)38-11-23(75-77(58,59)60)22(69-37-28(76-78(61,62)63)16(47)15(46)27(73-37)30(53)54)9(4-41)67-33(11)72-26-17(48)19(50)34(74-29(26)31(55)56)70-25-14(45)8(3-40)66-36(21(25)52)71-24-13(44)7(2-39)65-35(20(24)51)68-10-5-64-32(57)18(49)12(10)43/h7-29,32-37,39-41,43-52,57H,2-5H2,1H3,(H,38,42)(H,53,54)(H,55,56)(H,58,59,60)(H,61,62,63)/t7-,8-,9-,10-,11-,12+,13+,14+,15+,16+,17-,18-,19-,20-,21-,22-,23-,24+,25+,26+,27-,28-,29+,32?,33-,34-,35+,36+,37+/m1/s1. The van der Waals surface area contributed by atoms with Crippen LogP contribution in [0.15, 0.2) is 0 Å². The van der Waals surface area contributed by atoms with Crippen molar-refractivity contribution in [3.8, 4) is 0 Å². The van der Waals surface area contributed by atoms with E-state index in [4.69, 9.17) is 56.3 Å². The Morgan fingerprint density at radius 1 is 0.462 bits per heavy atom. The average molecular weight is 1190 g/mol. The van der Waals surface area contributed by atoms with Crippen LogP contribution in [0.5, 0.6) is 0 Å². The molecular formula is C37H59NO38S2. The van der Waals surface area contributed by atoms with Gasteiger partial charge in [0, 0.05) is 6.92 Å². The zero-order valence-corrected chi connectivity index (χ0v) is 41.2. The van der Waals surface area contributed by atoms with Crippen molar-refractivity contribution in [2.75, 3.05) is 26.4 Å². The minimum atomic E-state index is -5.84. The number of carboxylic acid groups (broad SMARTS) is 2. The number of hydrogen-bond acceptors (Lipinski definition) is 34. The molecule has 6 fully saturated rings. The number of amides is 1. The predicted octanol–water partition coefficient (Wildman–Crippen LogP) is -13.5. The average Bonchev–Trinajstić information content (AvgIpc) is 3.37. The van der Waals surface area contributed by atoms with E-state index in [2.05, 4.69) is 4.18 Å². The third kappa shape index (κ3) is 14.5. The van der Waals surface area contributed by atoms with Gasteiger partial charge in [-0.05, 0) is 0 Å². The second-order valence-electron chi connectivity index (χ2n) is 18.1. The van der Waals surface area contributed by atoms with Crippen molar-refractivity contribution < 1.29 is 183 Å². The van der Waals surface area contributed by atoms with E-state index in [9.17, 15) is 122 Å². The zero-order chi connectivity index (χ0) is 58.2. The zero-order valence-electron chi connectivity index (χ0n) is 39.6. The van der Waals surface area contributed by atoms with Gasteiger partial charge in [-0.1, -0.05) is 0 Å². The number of ether oxygens (including phenoxy) is 11. The molecule has 6 aliphatic heterocycles. The van der Waals surface area contributed by atoms with Gasteiger partial charge in [-0.3, -0.25) is 13.9 Å². The molecule has 0 aromatic rings. The van der Waals surface area contributed by atoms with E-state index in [1.807, 2.05) is 5.32 Å². The number of aliphatic hydroxyl groups excluding tert-OH is 14.